The van der Waals surface area contributed by atoms with Crippen LogP contribution in [-0.2, 0) is 9.59 Å². The fraction of sp³-hybridized carbons (Fsp3) is 0.259. The first-order valence-corrected chi connectivity index (χ1v) is 11.2. The van der Waals surface area contributed by atoms with Gasteiger partial charge in [0.15, 0.2) is 0 Å². The second-order valence-corrected chi connectivity index (χ2v) is 7.83. The molecule has 0 aliphatic carbocycles. The molecular weight excluding hydrogens is 448 g/mol. The number of piperazine rings is 1. The van der Waals surface area contributed by atoms with Crippen LogP contribution in [0.1, 0.15) is 18.5 Å². The molecule has 35 heavy (non-hydrogen) atoms. The van der Waals surface area contributed by atoms with Crippen LogP contribution in [0.15, 0.2) is 66.7 Å². The molecule has 1 aliphatic rings. The lowest BCUT2D eigenvalue weighted by Gasteiger charge is -2.40. The first kappa shape index (κ1) is 23.9. The summed E-state index contributed by atoms with van der Waals surface area (Å²) < 4.78 is 21.6. The fourth-order valence-corrected chi connectivity index (χ4v) is 4.14. The zero-order valence-corrected chi connectivity index (χ0v) is 20.2. The van der Waals surface area contributed by atoms with Gasteiger partial charge in [-0.15, -0.1) is 0 Å². The highest BCUT2D eigenvalue weighted by Gasteiger charge is 2.42. The van der Waals surface area contributed by atoms with Crippen LogP contribution < -0.4 is 28.7 Å². The number of benzene rings is 3. The molecule has 2 amide bonds. The molecule has 4 rings (SSSR count). The minimum absolute atomic E-state index is 0.138. The summed E-state index contributed by atoms with van der Waals surface area (Å²) in [6, 6.07) is 18.6. The van der Waals surface area contributed by atoms with E-state index >= 15 is 0 Å². The molecule has 1 saturated heterocycles. The van der Waals surface area contributed by atoms with E-state index in [4.69, 9.17) is 18.9 Å². The topological polar surface area (TPSA) is 77.5 Å². The highest BCUT2D eigenvalue weighted by molar-refractivity contribution is 6.15. The summed E-state index contributed by atoms with van der Waals surface area (Å²) in [5, 5.41) is 0. The smallest absolute Gasteiger partial charge is 0.255 e. The molecule has 3 aromatic carbocycles. The minimum Gasteiger partial charge on any atom is -0.497 e. The molecule has 0 aromatic heterocycles. The average molecular weight is 477 g/mol. The molecule has 1 atom stereocenters. The molecule has 1 aliphatic heterocycles. The van der Waals surface area contributed by atoms with Gasteiger partial charge in [-0.3, -0.25) is 19.4 Å². The van der Waals surface area contributed by atoms with E-state index in [0.717, 1.165) is 0 Å². The Kier molecular flexibility index (Phi) is 7.10. The second kappa shape index (κ2) is 10.4. The first-order chi connectivity index (χ1) is 17.0. The molecule has 1 fully saturated rings. The number of ether oxygens (including phenoxy) is 4. The van der Waals surface area contributed by atoms with Crippen LogP contribution >= 0.6 is 0 Å². The molecule has 1 unspecified atom stereocenters. The SMILES string of the molecule is CCOc1ccc(N2C(=O)CN(c3ccc(OC)cc3OC)C(=O)C2c2ccc(OC)cc2)cc1. The van der Waals surface area contributed by atoms with Crippen LogP contribution in [0.4, 0.5) is 11.4 Å². The predicted molar refractivity (Wildman–Crippen MR) is 133 cm³/mol. The third-order valence-corrected chi connectivity index (χ3v) is 5.86. The molecule has 8 nitrogen and oxygen atoms in total. The van der Waals surface area contributed by atoms with E-state index < -0.39 is 6.04 Å². The van der Waals surface area contributed by atoms with Gasteiger partial charge >= 0.3 is 0 Å². The Morgan fingerprint density at radius 3 is 2.03 bits per heavy atom. The first-order valence-electron chi connectivity index (χ1n) is 11.2. The zero-order chi connectivity index (χ0) is 24.9. The highest BCUT2D eigenvalue weighted by atomic mass is 16.5. The number of carbonyl (C=O) groups is 2. The van der Waals surface area contributed by atoms with Crippen molar-refractivity contribution in [1.82, 2.24) is 0 Å². The van der Waals surface area contributed by atoms with Crippen LogP contribution in [-0.4, -0.2) is 46.3 Å². The van der Waals surface area contributed by atoms with Gasteiger partial charge in [0.1, 0.15) is 35.6 Å². The molecule has 0 bridgehead atoms. The van der Waals surface area contributed by atoms with Gasteiger partial charge in [-0.05, 0) is 61.0 Å². The number of hydrogen-bond donors (Lipinski definition) is 0. The summed E-state index contributed by atoms with van der Waals surface area (Å²) in [5.74, 6) is 1.89. The van der Waals surface area contributed by atoms with Crippen LogP contribution in [0.25, 0.3) is 0 Å². The van der Waals surface area contributed by atoms with E-state index in [2.05, 4.69) is 0 Å². The summed E-state index contributed by atoms with van der Waals surface area (Å²) in [6.07, 6.45) is 0. The van der Waals surface area contributed by atoms with Gasteiger partial charge in [-0.1, -0.05) is 12.1 Å². The lowest BCUT2D eigenvalue weighted by Crippen LogP contribution is -2.56. The van der Waals surface area contributed by atoms with Crippen molar-refractivity contribution in [3.05, 3.63) is 72.3 Å². The van der Waals surface area contributed by atoms with Crippen LogP contribution in [0, 0.1) is 0 Å². The van der Waals surface area contributed by atoms with Crippen LogP contribution in [0.5, 0.6) is 23.0 Å². The quantitative estimate of drug-likeness (QED) is 0.484. The summed E-state index contributed by atoms with van der Waals surface area (Å²) in [4.78, 5) is 30.6. The predicted octanol–water partition coefficient (Wildman–Crippen LogP) is 4.23. The fourth-order valence-electron chi connectivity index (χ4n) is 4.14. The normalized spacial score (nSPS) is 15.7. The number of carbonyl (C=O) groups excluding carboxylic acids is 2. The maximum atomic E-state index is 14.0. The van der Waals surface area contributed by atoms with Crippen molar-refractivity contribution in [2.45, 2.75) is 13.0 Å². The summed E-state index contributed by atoms with van der Waals surface area (Å²) in [7, 11) is 4.65. The number of anilines is 2. The van der Waals surface area contributed by atoms with Gasteiger partial charge in [0.05, 0.1) is 33.6 Å². The van der Waals surface area contributed by atoms with Crippen LogP contribution in [0.3, 0.4) is 0 Å². The van der Waals surface area contributed by atoms with Crippen molar-refractivity contribution in [3.63, 3.8) is 0 Å². The largest absolute Gasteiger partial charge is 0.497 e. The Bertz CT molecular complexity index is 1190. The van der Waals surface area contributed by atoms with Crippen molar-refractivity contribution in [2.75, 3.05) is 44.3 Å². The third kappa shape index (κ3) is 4.73. The Morgan fingerprint density at radius 2 is 1.43 bits per heavy atom. The molecule has 3 aromatic rings. The summed E-state index contributed by atoms with van der Waals surface area (Å²) in [6.45, 7) is 2.30. The van der Waals surface area contributed by atoms with E-state index in [-0.39, 0.29) is 18.4 Å². The van der Waals surface area contributed by atoms with Gasteiger partial charge < -0.3 is 18.9 Å². The second-order valence-electron chi connectivity index (χ2n) is 7.83. The van der Waals surface area contributed by atoms with Crippen LogP contribution in [0.2, 0.25) is 0 Å². The third-order valence-electron chi connectivity index (χ3n) is 5.86. The Balaban J connectivity index is 1.79. The van der Waals surface area contributed by atoms with Crippen molar-refractivity contribution < 1.29 is 28.5 Å². The molecule has 0 spiro atoms. The summed E-state index contributed by atoms with van der Waals surface area (Å²) in [5.41, 5.74) is 1.76. The molecular formula is C27H28N2O6. The molecule has 182 valence electrons. The van der Waals surface area contributed by atoms with E-state index in [1.54, 1.807) is 80.9 Å². The van der Waals surface area contributed by atoms with Crippen molar-refractivity contribution in [2.24, 2.45) is 0 Å². The molecule has 0 radical (unpaired) electrons. The Labute approximate surface area is 204 Å². The monoisotopic (exact) mass is 476 g/mol. The van der Waals surface area contributed by atoms with E-state index in [9.17, 15) is 9.59 Å². The van der Waals surface area contributed by atoms with E-state index in [0.29, 0.717) is 46.5 Å². The number of methoxy groups -OCH3 is 3. The molecule has 1 heterocycles. The van der Waals surface area contributed by atoms with Gasteiger partial charge in [0, 0.05) is 11.8 Å². The Hall–Kier alpha value is -4.20. The van der Waals surface area contributed by atoms with Gasteiger partial charge in [-0.25, -0.2) is 0 Å². The van der Waals surface area contributed by atoms with Crippen molar-refractivity contribution >= 4 is 23.2 Å². The number of nitrogens with zero attached hydrogens (tertiary/aromatic N) is 2. The van der Waals surface area contributed by atoms with Crippen molar-refractivity contribution in [1.29, 1.82) is 0 Å². The minimum atomic E-state index is -0.882. The van der Waals surface area contributed by atoms with E-state index in [1.165, 1.54) is 16.9 Å². The number of rotatable bonds is 8. The molecule has 8 heteroatoms. The Morgan fingerprint density at radius 1 is 0.800 bits per heavy atom. The van der Waals surface area contributed by atoms with E-state index in [1.807, 2.05) is 6.92 Å². The lowest BCUT2D eigenvalue weighted by atomic mass is 9.99. The molecule has 0 saturated carbocycles. The standard InChI is InChI=1S/C27H28N2O6/c1-5-35-21-12-8-19(9-13-21)29-25(30)17-28(23-15-14-22(33-3)16-24(23)34-4)27(31)26(29)18-6-10-20(32-2)11-7-18/h6-16,26H,5,17H2,1-4H3. The average Bonchev–Trinajstić information content (AvgIpc) is 2.90. The number of hydrogen-bond acceptors (Lipinski definition) is 6. The molecule has 0 N–H and O–H groups in total. The maximum absolute atomic E-state index is 14.0. The lowest BCUT2D eigenvalue weighted by molar-refractivity contribution is -0.128. The summed E-state index contributed by atoms with van der Waals surface area (Å²) >= 11 is 0. The van der Waals surface area contributed by atoms with Gasteiger partial charge in [0.2, 0.25) is 5.91 Å². The van der Waals surface area contributed by atoms with Gasteiger partial charge in [-0.2, -0.15) is 0 Å². The van der Waals surface area contributed by atoms with Crippen molar-refractivity contribution in [3.8, 4) is 23.0 Å². The number of amides is 2. The maximum Gasteiger partial charge on any atom is 0.255 e. The highest BCUT2D eigenvalue weighted by Crippen LogP contribution is 2.39. The van der Waals surface area contributed by atoms with Gasteiger partial charge in [0.25, 0.3) is 5.91 Å². The zero-order valence-electron chi connectivity index (χ0n) is 20.2.